The van der Waals surface area contributed by atoms with Gasteiger partial charge in [-0.3, -0.25) is 0 Å². The Morgan fingerprint density at radius 3 is 2.10 bits per heavy atom. The summed E-state index contributed by atoms with van der Waals surface area (Å²) >= 11 is 0. The molecule has 12 heteroatoms. The van der Waals surface area contributed by atoms with Gasteiger partial charge in [0.15, 0.2) is 5.82 Å². The predicted octanol–water partition coefficient (Wildman–Crippen LogP) is 2.55. The van der Waals surface area contributed by atoms with Gasteiger partial charge in [-0.15, -0.1) is 0 Å². The second-order valence-corrected chi connectivity index (χ2v) is 7.22. The van der Waals surface area contributed by atoms with Crippen LogP contribution < -0.4 is 9.80 Å². The number of alkyl halides is 3. The summed E-state index contributed by atoms with van der Waals surface area (Å²) in [6.45, 7) is 5.76. The number of hydrogen-bond acceptors (Lipinski definition) is 7. The number of hydrogen-bond donors (Lipinski definition) is 1. The van der Waals surface area contributed by atoms with E-state index in [2.05, 4.69) is 26.7 Å². The van der Waals surface area contributed by atoms with Crippen molar-refractivity contribution in [1.29, 1.82) is 0 Å². The molecule has 8 nitrogen and oxygen atoms in total. The number of rotatable bonds is 2. The summed E-state index contributed by atoms with van der Waals surface area (Å²) in [6.07, 6.45) is 1.49. The fourth-order valence-corrected chi connectivity index (χ4v) is 3.50. The van der Waals surface area contributed by atoms with E-state index in [9.17, 15) is 17.6 Å². The van der Waals surface area contributed by atoms with Crippen molar-refractivity contribution in [3.8, 4) is 0 Å². The lowest BCUT2D eigenvalue weighted by atomic mass is 10.1. The topological polar surface area (TPSA) is 95.3 Å². The van der Waals surface area contributed by atoms with Crippen molar-refractivity contribution in [3.05, 3.63) is 35.2 Å². The van der Waals surface area contributed by atoms with Gasteiger partial charge in [0, 0.05) is 38.3 Å². The molecule has 0 bridgehead atoms. The molecule has 168 valence electrons. The van der Waals surface area contributed by atoms with Gasteiger partial charge in [-0.05, 0) is 31.7 Å². The van der Waals surface area contributed by atoms with E-state index in [0.29, 0.717) is 5.95 Å². The molecule has 4 heterocycles. The molecule has 31 heavy (non-hydrogen) atoms. The van der Waals surface area contributed by atoms with Crippen LogP contribution in [0.1, 0.15) is 29.8 Å². The van der Waals surface area contributed by atoms with Crippen LogP contribution in [0.5, 0.6) is 0 Å². The highest BCUT2D eigenvalue weighted by atomic mass is 19.4. The minimum Gasteiger partial charge on any atom is -0.475 e. The predicted molar refractivity (Wildman–Crippen MR) is 104 cm³/mol. The monoisotopic (exact) mass is 442 g/mol. The number of fused-ring (bicyclic) bond motifs is 1. The summed E-state index contributed by atoms with van der Waals surface area (Å²) in [5.74, 6) is -1.72. The molecular formula is C19H22F4N6O2. The van der Waals surface area contributed by atoms with E-state index in [1.807, 2.05) is 0 Å². The molecule has 2 aromatic rings. The van der Waals surface area contributed by atoms with Crippen LogP contribution in [0.2, 0.25) is 0 Å². The quantitative estimate of drug-likeness (QED) is 0.710. The number of carbonyl (C=O) groups is 1. The van der Waals surface area contributed by atoms with Crippen LogP contribution in [0.4, 0.5) is 29.5 Å². The van der Waals surface area contributed by atoms with E-state index in [4.69, 9.17) is 19.9 Å². The number of aliphatic carboxylic acids is 1. The van der Waals surface area contributed by atoms with E-state index in [1.54, 1.807) is 0 Å². The molecule has 4 rings (SSSR count). The molecule has 2 aliphatic heterocycles. The van der Waals surface area contributed by atoms with Crippen LogP contribution in [-0.2, 0) is 17.6 Å². The number of nitrogens with zero attached hydrogens (tertiary/aromatic N) is 6. The third-order valence-electron chi connectivity index (χ3n) is 5.06. The Hall–Kier alpha value is -3.05. The van der Waals surface area contributed by atoms with Gasteiger partial charge in [-0.25, -0.2) is 29.1 Å². The van der Waals surface area contributed by atoms with Gasteiger partial charge in [0.25, 0.3) is 0 Å². The van der Waals surface area contributed by atoms with Crippen LogP contribution in [-0.4, -0.2) is 63.4 Å². The van der Waals surface area contributed by atoms with Crippen LogP contribution in [0.3, 0.4) is 0 Å². The maximum absolute atomic E-state index is 13.0. The zero-order valence-corrected chi connectivity index (χ0v) is 16.9. The molecule has 1 fully saturated rings. The third-order valence-corrected chi connectivity index (χ3v) is 5.06. The van der Waals surface area contributed by atoms with Gasteiger partial charge in [0.05, 0.1) is 18.1 Å². The Balaban J connectivity index is 0.000000339. The number of carboxylic acids is 1. The molecule has 2 aliphatic rings. The molecule has 0 atom stereocenters. The van der Waals surface area contributed by atoms with Crippen molar-refractivity contribution in [1.82, 2.24) is 19.9 Å². The minimum absolute atomic E-state index is 0.408. The number of carboxylic acid groups (broad SMARTS) is 1. The van der Waals surface area contributed by atoms with Crippen molar-refractivity contribution >= 4 is 17.9 Å². The van der Waals surface area contributed by atoms with Crippen LogP contribution in [0.25, 0.3) is 0 Å². The number of aromatic nitrogens is 4. The molecule has 0 aliphatic carbocycles. The highest BCUT2D eigenvalue weighted by molar-refractivity contribution is 5.73. The van der Waals surface area contributed by atoms with E-state index in [-0.39, 0.29) is 0 Å². The lowest BCUT2D eigenvalue weighted by molar-refractivity contribution is -0.192. The summed E-state index contributed by atoms with van der Waals surface area (Å²) in [6, 6.07) is 0. The van der Waals surface area contributed by atoms with Gasteiger partial charge in [-0.1, -0.05) is 0 Å². The lowest BCUT2D eigenvalue weighted by Crippen LogP contribution is -2.27. The summed E-state index contributed by atoms with van der Waals surface area (Å²) in [5.41, 5.74) is 3.44. The van der Waals surface area contributed by atoms with Crippen molar-refractivity contribution < 1.29 is 27.5 Å². The van der Waals surface area contributed by atoms with Gasteiger partial charge in [0.1, 0.15) is 0 Å². The average molecular weight is 442 g/mol. The third kappa shape index (κ3) is 5.76. The SMILES string of the molecule is Cc1nc(N2CCCC2)nc2c1CCN(c1ncc(F)cn1)CC2.O=C(O)C(F)(F)F. The fourth-order valence-electron chi connectivity index (χ4n) is 3.50. The van der Waals surface area contributed by atoms with Crippen LogP contribution in [0.15, 0.2) is 12.4 Å². The standard InChI is InChI=1S/C17H21FN6.C2HF3O2/c1-12-14-4-8-24(16-19-10-13(18)11-20-16)9-5-15(14)22-17(21-12)23-6-2-3-7-23;3-2(4,5)1(6)7/h10-11H,2-9H2,1H3;(H,6,7). The lowest BCUT2D eigenvalue weighted by Gasteiger charge is -2.19. The highest BCUT2D eigenvalue weighted by Gasteiger charge is 2.38. The van der Waals surface area contributed by atoms with Crippen molar-refractivity contribution in [2.24, 2.45) is 0 Å². The Kier molecular flexibility index (Phi) is 6.86. The molecule has 0 aromatic carbocycles. The Morgan fingerprint density at radius 1 is 0.968 bits per heavy atom. The number of halogens is 4. The summed E-state index contributed by atoms with van der Waals surface area (Å²) in [5, 5.41) is 7.12. The average Bonchev–Trinajstić information content (AvgIpc) is 3.16. The van der Waals surface area contributed by atoms with E-state index in [0.717, 1.165) is 56.4 Å². The second kappa shape index (κ2) is 9.40. The van der Waals surface area contributed by atoms with Crippen molar-refractivity contribution in [2.45, 2.75) is 38.8 Å². The molecule has 0 unspecified atom stereocenters. The van der Waals surface area contributed by atoms with Gasteiger partial charge in [0.2, 0.25) is 11.9 Å². The van der Waals surface area contributed by atoms with E-state index < -0.39 is 18.0 Å². The van der Waals surface area contributed by atoms with Gasteiger partial charge < -0.3 is 14.9 Å². The first-order valence-electron chi connectivity index (χ1n) is 9.79. The second-order valence-electron chi connectivity index (χ2n) is 7.22. The first kappa shape index (κ1) is 22.6. The molecular weight excluding hydrogens is 420 g/mol. The molecule has 0 spiro atoms. The van der Waals surface area contributed by atoms with Gasteiger partial charge in [-0.2, -0.15) is 13.2 Å². The van der Waals surface area contributed by atoms with E-state index >= 15 is 0 Å². The normalized spacial score (nSPS) is 16.3. The first-order valence-corrected chi connectivity index (χ1v) is 9.79. The summed E-state index contributed by atoms with van der Waals surface area (Å²) < 4.78 is 44.8. The molecule has 2 aromatic heterocycles. The minimum atomic E-state index is -5.08. The van der Waals surface area contributed by atoms with E-state index in [1.165, 1.54) is 30.8 Å². The zero-order valence-electron chi connectivity index (χ0n) is 16.9. The largest absolute Gasteiger partial charge is 0.490 e. The summed E-state index contributed by atoms with van der Waals surface area (Å²) in [7, 11) is 0. The number of anilines is 2. The van der Waals surface area contributed by atoms with Crippen molar-refractivity contribution in [2.75, 3.05) is 36.0 Å². The Morgan fingerprint density at radius 2 is 1.52 bits per heavy atom. The summed E-state index contributed by atoms with van der Waals surface area (Å²) in [4.78, 5) is 31.1. The maximum atomic E-state index is 13.0. The molecule has 0 radical (unpaired) electrons. The van der Waals surface area contributed by atoms with Gasteiger partial charge >= 0.3 is 12.1 Å². The van der Waals surface area contributed by atoms with Crippen molar-refractivity contribution in [3.63, 3.8) is 0 Å². The molecule has 0 amide bonds. The fraction of sp³-hybridized carbons (Fsp3) is 0.526. The molecule has 0 saturated carbocycles. The zero-order chi connectivity index (χ0) is 22.6. The highest BCUT2D eigenvalue weighted by Crippen LogP contribution is 2.23. The smallest absolute Gasteiger partial charge is 0.475 e. The maximum Gasteiger partial charge on any atom is 0.490 e. The Bertz CT molecular complexity index is 917. The Labute approximate surface area is 176 Å². The van der Waals surface area contributed by atoms with Crippen LogP contribution in [0, 0.1) is 12.7 Å². The van der Waals surface area contributed by atoms with Crippen LogP contribution >= 0.6 is 0 Å². The first-order chi connectivity index (χ1) is 14.6. The molecule has 1 saturated heterocycles. The molecule has 1 N–H and O–H groups in total. The number of aryl methyl sites for hydroxylation is 1.